The Bertz CT molecular complexity index is 369. The van der Waals surface area contributed by atoms with Crippen LogP contribution in [-0.2, 0) is 0 Å². The Hall–Kier alpha value is -1.42. The maximum atomic E-state index is 5.92. The van der Waals surface area contributed by atoms with Gasteiger partial charge in [0.25, 0.3) is 0 Å². The molecule has 0 aliphatic carbocycles. The van der Waals surface area contributed by atoms with Gasteiger partial charge < -0.3 is 19.5 Å². The zero-order valence-corrected chi connectivity index (χ0v) is 13.2. The van der Waals surface area contributed by atoms with E-state index in [0.717, 1.165) is 36.6 Å². The van der Waals surface area contributed by atoms with Crippen LogP contribution in [0.25, 0.3) is 0 Å². The monoisotopic (exact) mass is 281 g/mol. The molecule has 0 aromatic heterocycles. The third kappa shape index (κ3) is 5.29. The van der Waals surface area contributed by atoms with Gasteiger partial charge in [0.15, 0.2) is 0 Å². The fourth-order valence-electron chi connectivity index (χ4n) is 2.03. The summed E-state index contributed by atoms with van der Waals surface area (Å²) in [5.41, 5.74) is 0. The molecule has 0 amide bonds. The minimum Gasteiger partial charge on any atom is -0.496 e. The quantitative estimate of drug-likeness (QED) is 0.754. The number of benzene rings is 1. The molecule has 0 aliphatic rings. The number of hydrogen-bond donors (Lipinski definition) is 1. The minimum absolute atomic E-state index is 0.0902. The lowest BCUT2D eigenvalue weighted by Gasteiger charge is -2.20. The third-order valence-electron chi connectivity index (χ3n) is 3.34. The van der Waals surface area contributed by atoms with E-state index in [1.54, 1.807) is 14.2 Å². The van der Waals surface area contributed by atoms with Crippen molar-refractivity contribution in [1.82, 2.24) is 5.32 Å². The van der Waals surface area contributed by atoms with Crippen molar-refractivity contribution in [1.29, 1.82) is 0 Å². The summed E-state index contributed by atoms with van der Waals surface area (Å²) in [5.74, 6) is 2.24. The second-order valence-corrected chi connectivity index (χ2v) is 4.90. The van der Waals surface area contributed by atoms with Crippen LogP contribution in [0.1, 0.15) is 33.6 Å². The van der Waals surface area contributed by atoms with E-state index in [1.807, 2.05) is 18.2 Å². The zero-order valence-electron chi connectivity index (χ0n) is 13.2. The van der Waals surface area contributed by atoms with Crippen LogP contribution in [0.4, 0.5) is 0 Å². The van der Waals surface area contributed by atoms with E-state index < -0.39 is 0 Å². The molecule has 0 heterocycles. The highest BCUT2D eigenvalue weighted by molar-refractivity contribution is 5.42. The molecule has 4 heteroatoms. The molecule has 4 nitrogen and oxygen atoms in total. The summed E-state index contributed by atoms with van der Waals surface area (Å²) in [5, 5.41) is 3.51. The van der Waals surface area contributed by atoms with E-state index in [1.165, 1.54) is 0 Å². The summed E-state index contributed by atoms with van der Waals surface area (Å²) in [6, 6.07) is 6.13. The molecular formula is C16H27NO3. The Labute approximate surface area is 122 Å². The smallest absolute Gasteiger partial charge is 0.127 e. The normalized spacial score (nSPS) is 12.3. The van der Waals surface area contributed by atoms with Crippen LogP contribution in [-0.4, -0.2) is 32.9 Å². The van der Waals surface area contributed by atoms with Gasteiger partial charge in [0.05, 0.1) is 14.2 Å². The Morgan fingerprint density at radius 3 is 1.90 bits per heavy atom. The van der Waals surface area contributed by atoms with Crippen LogP contribution in [0.15, 0.2) is 18.2 Å². The number of rotatable bonds is 9. The van der Waals surface area contributed by atoms with Crippen molar-refractivity contribution >= 4 is 0 Å². The summed E-state index contributed by atoms with van der Waals surface area (Å²) in [6.45, 7) is 7.27. The van der Waals surface area contributed by atoms with Gasteiger partial charge in [-0.15, -0.1) is 0 Å². The number of ether oxygens (including phenoxy) is 3. The number of hydrogen-bond acceptors (Lipinski definition) is 4. The number of methoxy groups -OCH3 is 2. The maximum Gasteiger partial charge on any atom is 0.127 e. The Morgan fingerprint density at radius 1 is 0.950 bits per heavy atom. The summed E-state index contributed by atoms with van der Waals surface area (Å²) in [4.78, 5) is 0. The van der Waals surface area contributed by atoms with Crippen molar-refractivity contribution in [3.63, 3.8) is 0 Å². The Kier molecular flexibility index (Phi) is 7.23. The van der Waals surface area contributed by atoms with Crippen molar-refractivity contribution < 1.29 is 14.2 Å². The second-order valence-electron chi connectivity index (χ2n) is 4.90. The SMILES string of the molecule is CCC(CC)NCC(C)Oc1cc(OC)cc(OC)c1. The summed E-state index contributed by atoms with van der Waals surface area (Å²) < 4.78 is 16.4. The highest BCUT2D eigenvalue weighted by Gasteiger charge is 2.09. The van der Waals surface area contributed by atoms with Crippen LogP contribution < -0.4 is 19.5 Å². The molecule has 0 saturated heterocycles. The third-order valence-corrected chi connectivity index (χ3v) is 3.34. The predicted molar refractivity (Wildman–Crippen MR) is 82.0 cm³/mol. The van der Waals surface area contributed by atoms with Crippen molar-refractivity contribution in [3.8, 4) is 17.2 Å². The van der Waals surface area contributed by atoms with Crippen LogP contribution >= 0.6 is 0 Å². The topological polar surface area (TPSA) is 39.7 Å². The lowest BCUT2D eigenvalue weighted by Crippen LogP contribution is -2.36. The van der Waals surface area contributed by atoms with E-state index in [2.05, 4.69) is 26.1 Å². The molecule has 1 N–H and O–H groups in total. The van der Waals surface area contributed by atoms with Gasteiger partial charge in [-0.05, 0) is 19.8 Å². The zero-order chi connectivity index (χ0) is 15.0. The molecular weight excluding hydrogens is 254 g/mol. The molecule has 1 aromatic rings. The van der Waals surface area contributed by atoms with E-state index in [4.69, 9.17) is 14.2 Å². The molecule has 1 atom stereocenters. The van der Waals surface area contributed by atoms with Gasteiger partial charge in [-0.2, -0.15) is 0 Å². The molecule has 0 fully saturated rings. The van der Waals surface area contributed by atoms with Crippen molar-refractivity contribution in [3.05, 3.63) is 18.2 Å². The number of nitrogens with one attached hydrogen (secondary N) is 1. The van der Waals surface area contributed by atoms with E-state index in [0.29, 0.717) is 6.04 Å². The minimum atomic E-state index is 0.0902. The highest BCUT2D eigenvalue weighted by Crippen LogP contribution is 2.27. The first-order valence-electron chi connectivity index (χ1n) is 7.26. The Morgan fingerprint density at radius 2 is 1.45 bits per heavy atom. The van der Waals surface area contributed by atoms with Gasteiger partial charge in [-0.25, -0.2) is 0 Å². The van der Waals surface area contributed by atoms with Crippen molar-refractivity contribution in [2.75, 3.05) is 20.8 Å². The van der Waals surface area contributed by atoms with Gasteiger partial charge in [0, 0.05) is 30.8 Å². The first-order valence-corrected chi connectivity index (χ1v) is 7.26. The summed E-state index contributed by atoms with van der Waals surface area (Å²) >= 11 is 0. The average Bonchev–Trinajstić information content (AvgIpc) is 2.47. The summed E-state index contributed by atoms with van der Waals surface area (Å²) in [7, 11) is 3.27. The van der Waals surface area contributed by atoms with E-state index in [-0.39, 0.29) is 6.10 Å². The standard InChI is InChI=1S/C16H27NO3/c1-6-13(7-2)17-11-12(3)20-16-9-14(18-4)8-15(10-16)19-5/h8-10,12-13,17H,6-7,11H2,1-5H3. The molecule has 1 unspecified atom stereocenters. The van der Waals surface area contributed by atoms with Crippen molar-refractivity contribution in [2.45, 2.75) is 45.8 Å². The fourth-order valence-corrected chi connectivity index (χ4v) is 2.03. The van der Waals surface area contributed by atoms with E-state index in [9.17, 15) is 0 Å². The fraction of sp³-hybridized carbons (Fsp3) is 0.625. The van der Waals surface area contributed by atoms with Crippen LogP contribution in [0.2, 0.25) is 0 Å². The van der Waals surface area contributed by atoms with Gasteiger partial charge >= 0.3 is 0 Å². The van der Waals surface area contributed by atoms with Crippen LogP contribution in [0.5, 0.6) is 17.2 Å². The molecule has 114 valence electrons. The largest absolute Gasteiger partial charge is 0.496 e. The van der Waals surface area contributed by atoms with Gasteiger partial charge in [-0.3, -0.25) is 0 Å². The predicted octanol–water partition coefficient (Wildman–Crippen LogP) is 3.25. The van der Waals surface area contributed by atoms with Crippen LogP contribution in [0, 0.1) is 0 Å². The van der Waals surface area contributed by atoms with Gasteiger partial charge in [0.1, 0.15) is 23.4 Å². The Balaban J connectivity index is 2.58. The van der Waals surface area contributed by atoms with Crippen molar-refractivity contribution in [2.24, 2.45) is 0 Å². The second kappa shape index (κ2) is 8.69. The molecule has 0 bridgehead atoms. The molecule has 0 radical (unpaired) electrons. The van der Waals surface area contributed by atoms with Crippen LogP contribution in [0.3, 0.4) is 0 Å². The lowest BCUT2D eigenvalue weighted by molar-refractivity contribution is 0.208. The lowest BCUT2D eigenvalue weighted by atomic mass is 10.1. The molecule has 0 saturated carbocycles. The molecule has 1 aromatic carbocycles. The first kappa shape index (κ1) is 16.6. The maximum absolute atomic E-state index is 5.92. The summed E-state index contributed by atoms with van der Waals surface area (Å²) in [6.07, 6.45) is 2.36. The molecule has 0 spiro atoms. The molecule has 20 heavy (non-hydrogen) atoms. The highest BCUT2D eigenvalue weighted by atomic mass is 16.5. The first-order chi connectivity index (χ1) is 9.62. The van der Waals surface area contributed by atoms with E-state index >= 15 is 0 Å². The van der Waals surface area contributed by atoms with Gasteiger partial charge in [-0.1, -0.05) is 13.8 Å². The average molecular weight is 281 g/mol. The molecule has 1 rings (SSSR count). The molecule has 0 aliphatic heterocycles. The van der Waals surface area contributed by atoms with Gasteiger partial charge in [0.2, 0.25) is 0 Å².